The standard InChI is InChI=1S/C25H31NO5/c1-16(2)30-21-11-9-20(10-12-21)29-15-18-7-8-19-14-22(31-23(19)13-18)17(3)26(24(27)28)25(4,5)6/h7-14,16-17H,15H2,1-6H3,(H,27,28). The predicted octanol–water partition coefficient (Wildman–Crippen LogP) is 6.64. The molecule has 0 aliphatic carbocycles. The van der Waals surface area contributed by atoms with Gasteiger partial charge in [-0.05, 0) is 83.5 Å². The number of hydrogen-bond acceptors (Lipinski definition) is 4. The molecule has 2 aromatic carbocycles. The Morgan fingerprint density at radius 3 is 2.26 bits per heavy atom. The molecular formula is C25H31NO5. The van der Waals surface area contributed by atoms with Crippen molar-refractivity contribution in [3.05, 3.63) is 59.9 Å². The maximum absolute atomic E-state index is 11.8. The van der Waals surface area contributed by atoms with Gasteiger partial charge >= 0.3 is 6.09 Å². The van der Waals surface area contributed by atoms with Gasteiger partial charge in [-0.15, -0.1) is 0 Å². The molecule has 3 rings (SSSR count). The van der Waals surface area contributed by atoms with Crippen LogP contribution in [0.15, 0.2) is 52.9 Å². The lowest BCUT2D eigenvalue weighted by Gasteiger charge is -2.37. The minimum atomic E-state index is -0.973. The van der Waals surface area contributed by atoms with E-state index >= 15 is 0 Å². The molecule has 0 fully saturated rings. The molecule has 0 saturated carbocycles. The van der Waals surface area contributed by atoms with Gasteiger partial charge in [-0.25, -0.2) is 4.79 Å². The zero-order chi connectivity index (χ0) is 22.8. The van der Waals surface area contributed by atoms with E-state index < -0.39 is 17.7 Å². The van der Waals surface area contributed by atoms with Crippen LogP contribution in [0.3, 0.4) is 0 Å². The number of nitrogens with zero attached hydrogens (tertiary/aromatic N) is 1. The lowest BCUT2D eigenvalue weighted by Crippen LogP contribution is -2.46. The van der Waals surface area contributed by atoms with Crippen LogP contribution in [0.5, 0.6) is 11.5 Å². The summed E-state index contributed by atoms with van der Waals surface area (Å²) in [6.45, 7) is 11.8. The van der Waals surface area contributed by atoms with Gasteiger partial charge in [0.2, 0.25) is 0 Å². The van der Waals surface area contributed by atoms with E-state index in [1.807, 2.05) is 90.1 Å². The van der Waals surface area contributed by atoms with E-state index in [4.69, 9.17) is 13.9 Å². The van der Waals surface area contributed by atoms with E-state index in [0.29, 0.717) is 18.0 Å². The van der Waals surface area contributed by atoms with Gasteiger partial charge < -0.3 is 19.0 Å². The van der Waals surface area contributed by atoms with Crippen molar-refractivity contribution < 1.29 is 23.8 Å². The molecule has 0 bridgehead atoms. The van der Waals surface area contributed by atoms with Crippen LogP contribution in [-0.4, -0.2) is 27.7 Å². The highest BCUT2D eigenvalue weighted by molar-refractivity contribution is 5.79. The zero-order valence-corrected chi connectivity index (χ0v) is 19.0. The van der Waals surface area contributed by atoms with Crippen molar-refractivity contribution in [2.24, 2.45) is 0 Å². The van der Waals surface area contributed by atoms with Crippen molar-refractivity contribution in [3.63, 3.8) is 0 Å². The monoisotopic (exact) mass is 425 g/mol. The first kappa shape index (κ1) is 22.5. The third-order valence-electron chi connectivity index (χ3n) is 4.93. The van der Waals surface area contributed by atoms with Crippen LogP contribution in [0.1, 0.15) is 58.9 Å². The van der Waals surface area contributed by atoms with Crippen LogP contribution in [0, 0.1) is 0 Å². The number of hydrogen-bond donors (Lipinski definition) is 1. The first-order valence-corrected chi connectivity index (χ1v) is 10.5. The number of fused-ring (bicyclic) bond motifs is 1. The Kier molecular flexibility index (Phi) is 6.48. The molecule has 0 radical (unpaired) electrons. The smallest absolute Gasteiger partial charge is 0.408 e. The van der Waals surface area contributed by atoms with E-state index in [1.54, 1.807) is 0 Å². The SMILES string of the molecule is CC(C)Oc1ccc(OCc2ccc3cc(C(C)N(C(=O)O)C(C)(C)C)oc3c2)cc1. The molecule has 1 aromatic heterocycles. The van der Waals surface area contributed by atoms with Crippen molar-refractivity contribution in [2.75, 3.05) is 0 Å². The summed E-state index contributed by atoms with van der Waals surface area (Å²) in [4.78, 5) is 13.2. The maximum atomic E-state index is 11.8. The van der Waals surface area contributed by atoms with Gasteiger partial charge in [0.25, 0.3) is 0 Å². The summed E-state index contributed by atoms with van der Waals surface area (Å²) in [6, 6.07) is 14.9. The molecule has 1 amide bonds. The molecule has 1 heterocycles. The van der Waals surface area contributed by atoms with Gasteiger partial charge in [0, 0.05) is 10.9 Å². The molecule has 0 aliphatic heterocycles. The first-order valence-electron chi connectivity index (χ1n) is 10.5. The van der Waals surface area contributed by atoms with Gasteiger partial charge in [-0.3, -0.25) is 4.90 Å². The largest absolute Gasteiger partial charge is 0.491 e. The quantitative estimate of drug-likeness (QED) is 0.459. The van der Waals surface area contributed by atoms with E-state index in [2.05, 4.69) is 0 Å². The molecule has 1 N–H and O–H groups in total. The van der Waals surface area contributed by atoms with Crippen molar-refractivity contribution in [3.8, 4) is 11.5 Å². The second-order valence-electron chi connectivity index (χ2n) is 8.95. The highest BCUT2D eigenvalue weighted by atomic mass is 16.5. The average Bonchev–Trinajstić information content (AvgIpc) is 3.09. The van der Waals surface area contributed by atoms with Crippen LogP contribution in [-0.2, 0) is 6.61 Å². The molecule has 166 valence electrons. The molecule has 6 nitrogen and oxygen atoms in total. The average molecular weight is 426 g/mol. The molecule has 3 aromatic rings. The number of rotatable bonds is 7. The summed E-state index contributed by atoms with van der Waals surface area (Å²) in [5.41, 5.74) is 1.14. The fourth-order valence-corrected chi connectivity index (χ4v) is 3.61. The highest BCUT2D eigenvalue weighted by Gasteiger charge is 2.33. The number of amides is 1. The van der Waals surface area contributed by atoms with Crippen LogP contribution < -0.4 is 9.47 Å². The van der Waals surface area contributed by atoms with Gasteiger partial charge in [-0.1, -0.05) is 12.1 Å². The highest BCUT2D eigenvalue weighted by Crippen LogP contribution is 2.32. The summed E-state index contributed by atoms with van der Waals surface area (Å²) in [5.74, 6) is 2.19. The maximum Gasteiger partial charge on any atom is 0.408 e. The fraction of sp³-hybridized carbons (Fsp3) is 0.400. The molecule has 0 spiro atoms. The van der Waals surface area contributed by atoms with E-state index in [9.17, 15) is 9.90 Å². The van der Waals surface area contributed by atoms with Gasteiger partial charge in [0.1, 0.15) is 29.4 Å². The van der Waals surface area contributed by atoms with Crippen molar-refractivity contribution in [1.82, 2.24) is 4.90 Å². The summed E-state index contributed by atoms with van der Waals surface area (Å²) < 4.78 is 17.6. The Labute approximate surface area is 183 Å². The topological polar surface area (TPSA) is 72.1 Å². The summed E-state index contributed by atoms with van der Waals surface area (Å²) >= 11 is 0. The van der Waals surface area contributed by atoms with E-state index in [1.165, 1.54) is 4.90 Å². The Bertz CT molecular complexity index is 1030. The summed E-state index contributed by atoms with van der Waals surface area (Å²) in [6.07, 6.45) is -0.843. The summed E-state index contributed by atoms with van der Waals surface area (Å²) in [7, 11) is 0. The lowest BCUT2D eigenvalue weighted by atomic mass is 10.0. The van der Waals surface area contributed by atoms with Crippen LogP contribution >= 0.6 is 0 Å². The zero-order valence-electron chi connectivity index (χ0n) is 19.0. The minimum Gasteiger partial charge on any atom is -0.491 e. The molecule has 6 heteroatoms. The van der Waals surface area contributed by atoms with Crippen LogP contribution in [0.25, 0.3) is 11.0 Å². The minimum absolute atomic E-state index is 0.130. The fourth-order valence-electron chi connectivity index (χ4n) is 3.61. The first-order chi connectivity index (χ1) is 14.5. The van der Waals surface area contributed by atoms with Crippen molar-refractivity contribution in [2.45, 2.75) is 65.8 Å². The van der Waals surface area contributed by atoms with Gasteiger partial charge in [0.15, 0.2) is 0 Å². The lowest BCUT2D eigenvalue weighted by molar-refractivity contribution is 0.0689. The Morgan fingerprint density at radius 2 is 1.68 bits per heavy atom. The third kappa shape index (κ3) is 5.51. The van der Waals surface area contributed by atoms with E-state index in [-0.39, 0.29) is 6.10 Å². The normalized spacial score (nSPS) is 12.7. The third-order valence-corrected chi connectivity index (χ3v) is 4.93. The second-order valence-corrected chi connectivity index (χ2v) is 8.95. The molecule has 1 unspecified atom stereocenters. The number of carboxylic acid groups (broad SMARTS) is 1. The molecule has 0 aliphatic rings. The summed E-state index contributed by atoms with van der Waals surface area (Å²) in [5, 5.41) is 10.6. The van der Waals surface area contributed by atoms with Gasteiger partial charge in [0.05, 0.1) is 12.1 Å². The predicted molar refractivity (Wildman–Crippen MR) is 121 cm³/mol. The Morgan fingerprint density at radius 1 is 1.03 bits per heavy atom. The van der Waals surface area contributed by atoms with Crippen LogP contribution in [0.2, 0.25) is 0 Å². The Hall–Kier alpha value is -3.15. The number of furan rings is 1. The molecule has 1 atom stereocenters. The van der Waals surface area contributed by atoms with Crippen molar-refractivity contribution >= 4 is 17.1 Å². The van der Waals surface area contributed by atoms with Crippen LogP contribution in [0.4, 0.5) is 4.79 Å². The molecular weight excluding hydrogens is 394 g/mol. The van der Waals surface area contributed by atoms with Gasteiger partial charge in [-0.2, -0.15) is 0 Å². The number of carbonyl (C=O) groups is 1. The number of benzene rings is 2. The Balaban J connectivity index is 1.72. The van der Waals surface area contributed by atoms with E-state index in [0.717, 1.165) is 22.4 Å². The molecule has 31 heavy (non-hydrogen) atoms. The van der Waals surface area contributed by atoms with Crippen molar-refractivity contribution in [1.29, 1.82) is 0 Å². The molecule has 0 saturated heterocycles. The second kappa shape index (κ2) is 8.92. The number of ether oxygens (including phenoxy) is 2.